The molecule has 2 heterocycles. The Kier molecular flexibility index (Phi) is 4.07. The summed E-state index contributed by atoms with van der Waals surface area (Å²) in [5, 5.41) is 7.75. The molecular weight excluding hydrogens is 328 g/mol. The van der Waals surface area contributed by atoms with E-state index in [0.29, 0.717) is 22.9 Å². The number of benzene rings is 2. The number of carbonyl (C=O) groups is 1. The van der Waals surface area contributed by atoms with Gasteiger partial charge in [0.1, 0.15) is 11.4 Å². The first-order chi connectivity index (χ1) is 12.7. The van der Waals surface area contributed by atoms with E-state index in [9.17, 15) is 4.79 Å². The minimum Gasteiger partial charge on any atom is -0.437 e. The van der Waals surface area contributed by atoms with Gasteiger partial charge in [-0.05, 0) is 42.5 Å². The number of fused-ring (bicyclic) bond motifs is 1. The molecule has 1 N–H and O–H groups in total. The van der Waals surface area contributed by atoms with Gasteiger partial charge in [-0.2, -0.15) is 5.10 Å². The quantitative estimate of drug-likeness (QED) is 0.614. The molecule has 2 aromatic heterocycles. The first kappa shape index (κ1) is 15.8. The van der Waals surface area contributed by atoms with Crippen LogP contribution in [0.5, 0.6) is 11.6 Å². The molecule has 4 rings (SSSR count). The molecule has 0 aliphatic carbocycles. The molecule has 0 spiro atoms. The number of nitrogens with one attached hydrogen (secondary N) is 1. The van der Waals surface area contributed by atoms with Gasteiger partial charge in [0.15, 0.2) is 0 Å². The number of nitrogens with zero attached hydrogens (tertiary/aromatic N) is 3. The van der Waals surface area contributed by atoms with Crippen LogP contribution in [0.4, 0.5) is 0 Å². The Hall–Kier alpha value is -3.67. The summed E-state index contributed by atoms with van der Waals surface area (Å²) >= 11 is 0. The Morgan fingerprint density at radius 2 is 1.92 bits per heavy atom. The SMILES string of the molecule is CNC(=O)c1ccc2nc(Oc3ccccc3)c(-n3cccn3)cc2c1. The van der Waals surface area contributed by atoms with Gasteiger partial charge in [0.05, 0.1) is 5.52 Å². The highest BCUT2D eigenvalue weighted by molar-refractivity contribution is 5.98. The van der Waals surface area contributed by atoms with Gasteiger partial charge >= 0.3 is 0 Å². The summed E-state index contributed by atoms with van der Waals surface area (Å²) in [7, 11) is 1.61. The highest BCUT2D eigenvalue weighted by Crippen LogP contribution is 2.29. The lowest BCUT2D eigenvalue weighted by atomic mass is 10.1. The van der Waals surface area contributed by atoms with E-state index in [2.05, 4.69) is 15.4 Å². The minimum absolute atomic E-state index is 0.142. The zero-order valence-electron chi connectivity index (χ0n) is 14.1. The second-order valence-corrected chi connectivity index (χ2v) is 5.66. The van der Waals surface area contributed by atoms with Crippen molar-refractivity contribution < 1.29 is 9.53 Å². The maximum Gasteiger partial charge on any atom is 0.251 e. The number of hydrogen-bond acceptors (Lipinski definition) is 4. The smallest absolute Gasteiger partial charge is 0.251 e. The molecule has 0 bridgehead atoms. The summed E-state index contributed by atoms with van der Waals surface area (Å²) in [5.74, 6) is 0.993. The number of pyridine rings is 1. The maximum atomic E-state index is 11.9. The standard InChI is InChI=1S/C20H16N4O2/c1-21-19(25)14-8-9-17-15(12-14)13-18(24-11-5-10-22-24)20(23-17)26-16-6-3-2-4-7-16/h2-13H,1H3,(H,21,25). The van der Waals surface area contributed by atoms with Crippen LogP contribution in [0.2, 0.25) is 0 Å². The molecule has 0 aliphatic rings. The van der Waals surface area contributed by atoms with Crippen LogP contribution < -0.4 is 10.1 Å². The van der Waals surface area contributed by atoms with Crippen molar-refractivity contribution in [1.82, 2.24) is 20.1 Å². The highest BCUT2D eigenvalue weighted by atomic mass is 16.5. The maximum absolute atomic E-state index is 11.9. The molecule has 0 radical (unpaired) electrons. The van der Waals surface area contributed by atoms with Crippen LogP contribution in [0.1, 0.15) is 10.4 Å². The molecule has 2 aromatic carbocycles. The normalized spacial score (nSPS) is 10.7. The fourth-order valence-electron chi connectivity index (χ4n) is 2.68. The monoisotopic (exact) mass is 344 g/mol. The van der Waals surface area contributed by atoms with Gasteiger partial charge in [0.2, 0.25) is 5.88 Å². The summed E-state index contributed by atoms with van der Waals surface area (Å²) in [6.07, 6.45) is 3.51. The van der Waals surface area contributed by atoms with Crippen LogP contribution >= 0.6 is 0 Å². The lowest BCUT2D eigenvalue weighted by Gasteiger charge is -2.12. The lowest BCUT2D eigenvalue weighted by Crippen LogP contribution is -2.17. The van der Waals surface area contributed by atoms with Crippen molar-refractivity contribution in [2.75, 3.05) is 7.05 Å². The second-order valence-electron chi connectivity index (χ2n) is 5.66. The van der Waals surface area contributed by atoms with Crippen LogP contribution in [-0.2, 0) is 0 Å². The van der Waals surface area contributed by atoms with Crippen LogP contribution in [-0.4, -0.2) is 27.7 Å². The van der Waals surface area contributed by atoms with E-state index >= 15 is 0 Å². The summed E-state index contributed by atoms with van der Waals surface area (Å²) in [5.41, 5.74) is 2.00. The topological polar surface area (TPSA) is 69.0 Å². The molecule has 6 nitrogen and oxygen atoms in total. The molecule has 4 aromatic rings. The first-order valence-electron chi connectivity index (χ1n) is 8.14. The summed E-state index contributed by atoms with van der Waals surface area (Å²) in [6, 6.07) is 18.6. The molecule has 1 amide bonds. The van der Waals surface area contributed by atoms with Gasteiger partial charge in [-0.1, -0.05) is 18.2 Å². The number of rotatable bonds is 4. The second kappa shape index (κ2) is 6.68. The van der Waals surface area contributed by atoms with Gasteiger partial charge in [-0.25, -0.2) is 9.67 Å². The van der Waals surface area contributed by atoms with E-state index in [1.807, 2.05) is 54.7 Å². The first-order valence-corrected chi connectivity index (χ1v) is 8.14. The van der Waals surface area contributed by atoms with Crippen molar-refractivity contribution in [2.24, 2.45) is 0 Å². The third-order valence-electron chi connectivity index (χ3n) is 3.96. The van der Waals surface area contributed by atoms with Gasteiger partial charge in [0, 0.05) is 30.4 Å². The van der Waals surface area contributed by atoms with Crippen LogP contribution in [0.15, 0.2) is 73.1 Å². The van der Waals surface area contributed by atoms with Crippen molar-refractivity contribution in [3.8, 4) is 17.3 Å². The average molecular weight is 344 g/mol. The largest absolute Gasteiger partial charge is 0.437 e. The zero-order chi connectivity index (χ0) is 17.9. The zero-order valence-corrected chi connectivity index (χ0v) is 14.1. The van der Waals surface area contributed by atoms with Gasteiger partial charge in [0.25, 0.3) is 5.91 Å². The van der Waals surface area contributed by atoms with Gasteiger partial charge < -0.3 is 10.1 Å². The number of carbonyl (C=O) groups excluding carboxylic acids is 1. The van der Waals surface area contributed by atoms with Crippen LogP contribution in [0, 0.1) is 0 Å². The van der Waals surface area contributed by atoms with Crippen LogP contribution in [0.3, 0.4) is 0 Å². The van der Waals surface area contributed by atoms with E-state index in [1.54, 1.807) is 30.1 Å². The van der Waals surface area contributed by atoms with Gasteiger partial charge in [-0.15, -0.1) is 0 Å². The molecular formula is C20H16N4O2. The lowest BCUT2D eigenvalue weighted by molar-refractivity contribution is 0.0963. The Morgan fingerprint density at radius 3 is 2.65 bits per heavy atom. The van der Waals surface area contributed by atoms with E-state index < -0.39 is 0 Å². The van der Waals surface area contributed by atoms with Crippen molar-refractivity contribution in [2.45, 2.75) is 0 Å². The number of aromatic nitrogens is 3. The van der Waals surface area contributed by atoms with E-state index in [4.69, 9.17) is 4.74 Å². The van der Waals surface area contributed by atoms with E-state index in [1.165, 1.54) is 0 Å². The number of hydrogen-bond donors (Lipinski definition) is 1. The van der Waals surface area contributed by atoms with Crippen molar-refractivity contribution >= 4 is 16.8 Å². The summed E-state index contributed by atoms with van der Waals surface area (Å²) in [6.45, 7) is 0. The highest BCUT2D eigenvalue weighted by Gasteiger charge is 2.13. The molecule has 128 valence electrons. The predicted octanol–water partition coefficient (Wildman–Crippen LogP) is 3.57. The van der Waals surface area contributed by atoms with Crippen LogP contribution in [0.25, 0.3) is 16.6 Å². The summed E-state index contributed by atoms with van der Waals surface area (Å²) in [4.78, 5) is 16.5. The molecule has 0 unspecified atom stereocenters. The fourth-order valence-corrected chi connectivity index (χ4v) is 2.68. The Labute approximate surface area is 150 Å². The van der Waals surface area contributed by atoms with Crippen molar-refractivity contribution in [3.63, 3.8) is 0 Å². The molecule has 0 aliphatic heterocycles. The van der Waals surface area contributed by atoms with E-state index in [0.717, 1.165) is 10.9 Å². The minimum atomic E-state index is -0.142. The molecule has 0 fully saturated rings. The molecule has 6 heteroatoms. The fraction of sp³-hybridized carbons (Fsp3) is 0.0500. The van der Waals surface area contributed by atoms with Crippen molar-refractivity contribution in [1.29, 1.82) is 0 Å². The number of amides is 1. The molecule has 0 saturated carbocycles. The molecule has 0 saturated heterocycles. The third-order valence-corrected chi connectivity index (χ3v) is 3.96. The van der Waals surface area contributed by atoms with E-state index in [-0.39, 0.29) is 5.91 Å². The number of para-hydroxylation sites is 1. The van der Waals surface area contributed by atoms with Crippen molar-refractivity contribution in [3.05, 3.63) is 78.6 Å². The number of ether oxygens (including phenoxy) is 1. The predicted molar refractivity (Wildman–Crippen MR) is 98.8 cm³/mol. The summed E-state index contributed by atoms with van der Waals surface area (Å²) < 4.78 is 7.68. The van der Waals surface area contributed by atoms with Gasteiger partial charge in [-0.3, -0.25) is 4.79 Å². The Morgan fingerprint density at radius 1 is 1.08 bits per heavy atom. The average Bonchev–Trinajstić information content (AvgIpc) is 3.22. The Balaban J connectivity index is 1.86. The molecule has 26 heavy (non-hydrogen) atoms. The third kappa shape index (κ3) is 3.00. The molecule has 0 atom stereocenters. The Bertz CT molecular complexity index is 1060.